The Labute approximate surface area is 229 Å². The number of piperidine rings is 1. The summed E-state index contributed by atoms with van der Waals surface area (Å²) in [6, 6.07) is 6.39. The van der Waals surface area contributed by atoms with Gasteiger partial charge >= 0.3 is 0 Å². The van der Waals surface area contributed by atoms with Crippen molar-refractivity contribution in [2.45, 2.75) is 91.1 Å². The van der Waals surface area contributed by atoms with Crippen LogP contribution in [-0.4, -0.2) is 44.0 Å². The molecule has 6 heteroatoms. The highest BCUT2D eigenvalue weighted by Gasteiger charge is 2.61. The second-order valence-electron chi connectivity index (χ2n) is 13.4. The van der Waals surface area contributed by atoms with Gasteiger partial charge in [0.15, 0.2) is 11.5 Å². The van der Waals surface area contributed by atoms with Crippen molar-refractivity contribution >= 4 is 11.8 Å². The lowest BCUT2D eigenvalue weighted by molar-refractivity contribution is -0.159. The molecule has 1 heterocycles. The zero-order valence-electron chi connectivity index (χ0n) is 24.5. The maximum atomic E-state index is 12.5. The Morgan fingerprint density at radius 2 is 1.71 bits per heavy atom. The van der Waals surface area contributed by atoms with Crippen LogP contribution in [0.1, 0.15) is 90.7 Å². The van der Waals surface area contributed by atoms with Crippen LogP contribution in [0.5, 0.6) is 11.5 Å². The van der Waals surface area contributed by atoms with Gasteiger partial charge in [-0.05, 0) is 103 Å². The van der Waals surface area contributed by atoms with Crippen molar-refractivity contribution in [1.82, 2.24) is 10.2 Å². The molecular weight excluding hydrogens is 476 g/mol. The van der Waals surface area contributed by atoms with E-state index in [1.165, 1.54) is 32.1 Å². The fourth-order valence-corrected chi connectivity index (χ4v) is 10.1. The summed E-state index contributed by atoms with van der Waals surface area (Å²) in [4.78, 5) is 27.0. The third-order valence-corrected chi connectivity index (χ3v) is 11.9. The van der Waals surface area contributed by atoms with Crippen LogP contribution < -0.4 is 14.8 Å². The summed E-state index contributed by atoms with van der Waals surface area (Å²) in [7, 11) is 5.36. The standard InChI is InChI=1S/C32H48N2O4/c1-19(30(33-20(2)35)21-8-12-26(37-6)27(18-21)38-7)23-10-11-24-22-9-13-28-32(4,17-15-29(36)34(28)5)25(22)14-16-31(23,24)3/h8,12,18-19,22-25,28,30H,9-11,13-17H2,1-7H3,(H,33,35)/t19?,22-,23+,24-,25-,28+,30?,31+,32+/m0/s1. The molecule has 4 aliphatic rings. The van der Waals surface area contributed by atoms with E-state index in [9.17, 15) is 9.59 Å². The van der Waals surface area contributed by atoms with Crippen molar-refractivity contribution in [3.8, 4) is 11.5 Å². The van der Waals surface area contributed by atoms with Gasteiger partial charge in [-0.1, -0.05) is 26.8 Å². The molecule has 2 amide bonds. The van der Waals surface area contributed by atoms with Crippen LogP contribution in [0.2, 0.25) is 0 Å². The average molecular weight is 525 g/mol. The summed E-state index contributed by atoms with van der Waals surface area (Å²) < 4.78 is 11.1. The van der Waals surface area contributed by atoms with Gasteiger partial charge in [0.25, 0.3) is 0 Å². The van der Waals surface area contributed by atoms with Crippen molar-refractivity contribution in [2.75, 3.05) is 21.3 Å². The highest BCUT2D eigenvalue weighted by atomic mass is 16.5. The molecule has 1 saturated heterocycles. The molecule has 6 nitrogen and oxygen atoms in total. The Morgan fingerprint density at radius 1 is 1.00 bits per heavy atom. The van der Waals surface area contributed by atoms with Crippen LogP contribution in [-0.2, 0) is 9.59 Å². The number of fused-ring (bicyclic) bond motifs is 5. The van der Waals surface area contributed by atoms with E-state index in [-0.39, 0.29) is 22.8 Å². The van der Waals surface area contributed by atoms with Gasteiger partial charge in [-0.25, -0.2) is 0 Å². The Morgan fingerprint density at radius 3 is 2.39 bits per heavy atom. The Kier molecular flexibility index (Phi) is 7.23. The molecule has 1 aromatic carbocycles. The van der Waals surface area contributed by atoms with E-state index < -0.39 is 0 Å². The van der Waals surface area contributed by atoms with Crippen LogP contribution in [0.15, 0.2) is 18.2 Å². The van der Waals surface area contributed by atoms with E-state index in [0.717, 1.165) is 30.2 Å². The number of rotatable bonds is 6. The van der Waals surface area contributed by atoms with Gasteiger partial charge in [0.1, 0.15) is 0 Å². The first-order valence-electron chi connectivity index (χ1n) is 14.8. The number of nitrogens with zero attached hydrogens (tertiary/aromatic N) is 1. The molecule has 210 valence electrons. The molecule has 38 heavy (non-hydrogen) atoms. The highest BCUT2D eigenvalue weighted by Crippen LogP contribution is 2.67. The van der Waals surface area contributed by atoms with Crippen LogP contribution in [0.25, 0.3) is 0 Å². The minimum absolute atomic E-state index is 0.00209. The Hall–Kier alpha value is -2.24. The second kappa shape index (κ2) is 10.1. The van der Waals surface area contributed by atoms with Gasteiger partial charge in [-0.2, -0.15) is 0 Å². The van der Waals surface area contributed by atoms with Gasteiger partial charge in [-0.3, -0.25) is 9.59 Å². The smallest absolute Gasteiger partial charge is 0.222 e. The maximum absolute atomic E-state index is 12.5. The monoisotopic (exact) mass is 524 g/mol. The topological polar surface area (TPSA) is 67.9 Å². The lowest BCUT2D eigenvalue weighted by Crippen LogP contribution is -2.61. The molecule has 1 N–H and O–H groups in total. The summed E-state index contributed by atoms with van der Waals surface area (Å²) in [6.45, 7) is 9.03. The minimum atomic E-state index is -0.0723. The number of amides is 2. The van der Waals surface area contributed by atoms with Crippen LogP contribution in [0, 0.1) is 40.4 Å². The first-order chi connectivity index (χ1) is 18.0. The minimum Gasteiger partial charge on any atom is -0.493 e. The number of nitrogens with one attached hydrogen (secondary N) is 1. The number of ether oxygens (including phenoxy) is 2. The fraction of sp³-hybridized carbons (Fsp3) is 0.750. The third kappa shape index (κ3) is 4.21. The van der Waals surface area contributed by atoms with Crippen molar-refractivity contribution in [3.05, 3.63) is 23.8 Å². The number of benzene rings is 1. The quantitative estimate of drug-likeness (QED) is 0.496. The SMILES string of the molecule is COc1ccc(C(NC(C)=O)C(C)[C@H]2CC[C@H]3[C@@H]4CC[C@H]5N(C)C(=O)CC[C@]5(C)[C@H]4CC[C@]23C)cc1OC. The van der Waals surface area contributed by atoms with Gasteiger partial charge in [0.05, 0.1) is 20.3 Å². The highest BCUT2D eigenvalue weighted by molar-refractivity contribution is 5.77. The third-order valence-electron chi connectivity index (χ3n) is 11.9. The lowest BCUT2D eigenvalue weighted by Gasteiger charge is -2.62. The summed E-state index contributed by atoms with van der Waals surface area (Å²) in [5, 5.41) is 3.31. The molecule has 0 aromatic heterocycles. The summed E-state index contributed by atoms with van der Waals surface area (Å²) >= 11 is 0. The lowest BCUT2D eigenvalue weighted by atomic mass is 9.46. The number of hydrogen-bond acceptors (Lipinski definition) is 4. The van der Waals surface area contributed by atoms with E-state index >= 15 is 0 Å². The van der Waals surface area contributed by atoms with E-state index in [4.69, 9.17) is 9.47 Å². The predicted molar refractivity (Wildman–Crippen MR) is 149 cm³/mol. The van der Waals surface area contributed by atoms with Crippen molar-refractivity contribution in [1.29, 1.82) is 0 Å². The normalized spacial score (nSPS) is 37.9. The molecule has 0 bridgehead atoms. The van der Waals surface area contributed by atoms with Crippen molar-refractivity contribution in [3.63, 3.8) is 0 Å². The molecule has 5 rings (SSSR count). The summed E-state index contributed by atoms with van der Waals surface area (Å²) in [6.07, 6.45) is 9.15. The first kappa shape index (κ1) is 27.3. The molecule has 1 aliphatic heterocycles. The molecule has 2 unspecified atom stereocenters. The number of methoxy groups -OCH3 is 2. The van der Waals surface area contributed by atoms with E-state index in [0.29, 0.717) is 47.6 Å². The zero-order chi connectivity index (χ0) is 27.4. The molecular formula is C32H48N2O4. The van der Waals surface area contributed by atoms with Gasteiger partial charge < -0.3 is 19.7 Å². The van der Waals surface area contributed by atoms with E-state index in [2.05, 4.69) is 37.1 Å². The largest absolute Gasteiger partial charge is 0.493 e. The number of hydrogen-bond donors (Lipinski definition) is 1. The summed E-state index contributed by atoms with van der Waals surface area (Å²) in [5.74, 6) is 4.75. The van der Waals surface area contributed by atoms with Crippen molar-refractivity contribution < 1.29 is 19.1 Å². The second-order valence-corrected chi connectivity index (χ2v) is 13.4. The number of carbonyl (C=O) groups excluding carboxylic acids is 2. The Bertz CT molecular complexity index is 1070. The first-order valence-corrected chi connectivity index (χ1v) is 14.8. The van der Waals surface area contributed by atoms with E-state index in [1.54, 1.807) is 21.1 Å². The van der Waals surface area contributed by atoms with Crippen LogP contribution in [0.4, 0.5) is 0 Å². The molecule has 0 spiro atoms. The fourth-order valence-electron chi connectivity index (χ4n) is 10.1. The Balaban J connectivity index is 1.41. The van der Waals surface area contributed by atoms with Crippen molar-refractivity contribution in [2.24, 2.45) is 40.4 Å². The molecule has 1 aromatic rings. The molecule has 3 aliphatic carbocycles. The predicted octanol–water partition coefficient (Wildman–Crippen LogP) is 6.00. The molecule has 4 fully saturated rings. The summed E-state index contributed by atoms with van der Waals surface area (Å²) in [5.41, 5.74) is 1.59. The molecule has 3 saturated carbocycles. The average Bonchev–Trinajstić information content (AvgIpc) is 3.26. The van der Waals surface area contributed by atoms with Gasteiger partial charge in [0.2, 0.25) is 11.8 Å². The number of likely N-dealkylation sites (tertiary alicyclic amines) is 1. The van der Waals surface area contributed by atoms with Crippen LogP contribution in [0.3, 0.4) is 0 Å². The van der Waals surface area contributed by atoms with Crippen LogP contribution >= 0.6 is 0 Å². The zero-order valence-corrected chi connectivity index (χ0v) is 24.5. The van der Waals surface area contributed by atoms with Gasteiger partial charge in [0, 0.05) is 26.4 Å². The number of carbonyl (C=O) groups is 2. The van der Waals surface area contributed by atoms with E-state index in [1.807, 2.05) is 19.2 Å². The maximum Gasteiger partial charge on any atom is 0.222 e. The molecule has 0 radical (unpaired) electrons. The molecule has 9 atom stereocenters. The van der Waals surface area contributed by atoms with Gasteiger partial charge in [-0.15, -0.1) is 0 Å².